The highest BCUT2D eigenvalue weighted by Gasteiger charge is 2.29. The second-order valence-electron chi connectivity index (χ2n) is 7.25. The standard InChI is InChI=1S/C24H18ClFN4S2/c25-19-9-5-4-8-18(19)21-28-22(27-14-15-10-12-16(26)13-11-15)20-23(29-21)30(24(31)32-20)17-6-2-1-3-7-17/h1-13,21,29H,14H2,(H,27,28). The average molecular weight is 481 g/mol. The van der Waals surface area contributed by atoms with Gasteiger partial charge in [-0.05, 0) is 48.1 Å². The summed E-state index contributed by atoms with van der Waals surface area (Å²) in [7, 11) is 0. The van der Waals surface area contributed by atoms with Crippen LogP contribution in [-0.2, 0) is 6.54 Å². The SMILES string of the molecule is Fc1ccc(CN=C2NC(c3ccccc3Cl)Nc3c2sc(=S)n3-c2ccccc2)cc1. The first-order valence-corrected chi connectivity index (χ1v) is 11.6. The van der Waals surface area contributed by atoms with E-state index in [1.54, 1.807) is 12.1 Å². The highest BCUT2D eigenvalue weighted by atomic mass is 35.5. The Kier molecular flexibility index (Phi) is 5.78. The summed E-state index contributed by atoms with van der Waals surface area (Å²) in [6.45, 7) is 0.410. The molecule has 2 N–H and O–H groups in total. The monoisotopic (exact) mass is 480 g/mol. The Morgan fingerprint density at radius 2 is 1.69 bits per heavy atom. The molecule has 160 valence electrons. The third-order valence-corrected chi connectivity index (χ3v) is 6.88. The number of thiazole rings is 1. The molecule has 0 bridgehead atoms. The number of amidine groups is 1. The molecule has 4 nitrogen and oxygen atoms in total. The van der Waals surface area contributed by atoms with Crippen molar-refractivity contribution in [1.82, 2.24) is 9.88 Å². The molecule has 1 aliphatic heterocycles. The Morgan fingerprint density at radius 3 is 2.44 bits per heavy atom. The van der Waals surface area contributed by atoms with Crippen LogP contribution in [0.2, 0.25) is 5.02 Å². The van der Waals surface area contributed by atoms with Gasteiger partial charge in [0.15, 0.2) is 3.95 Å². The summed E-state index contributed by atoms with van der Waals surface area (Å²) in [4.78, 5) is 5.75. The topological polar surface area (TPSA) is 41.4 Å². The summed E-state index contributed by atoms with van der Waals surface area (Å²) in [5.41, 5.74) is 2.80. The average Bonchev–Trinajstić information content (AvgIpc) is 3.15. The van der Waals surface area contributed by atoms with Crippen LogP contribution in [0.4, 0.5) is 10.2 Å². The van der Waals surface area contributed by atoms with Crippen LogP contribution in [0.15, 0.2) is 83.9 Å². The lowest BCUT2D eigenvalue weighted by Crippen LogP contribution is -2.39. The van der Waals surface area contributed by atoms with E-state index in [4.69, 9.17) is 28.8 Å². The predicted octanol–water partition coefficient (Wildman–Crippen LogP) is 6.72. The van der Waals surface area contributed by atoms with Crippen LogP contribution >= 0.6 is 35.2 Å². The van der Waals surface area contributed by atoms with Crippen LogP contribution in [0, 0.1) is 9.77 Å². The number of rotatable bonds is 4. The van der Waals surface area contributed by atoms with Crippen molar-refractivity contribution in [3.05, 3.63) is 110 Å². The summed E-state index contributed by atoms with van der Waals surface area (Å²) < 4.78 is 16.0. The molecule has 1 unspecified atom stereocenters. The zero-order chi connectivity index (χ0) is 22.1. The lowest BCUT2D eigenvalue weighted by Gasteiger charge is -2.30. The zero-order valence-electron chi connectivity index (χ0n) is 16.8. The summed E-state index contributed by atoms with van der Waals surface area (Å²) in [6, 6.07) is 24.0. The summed E-state index contributed by atoms with van der Waals surface area (Å²) in [5.74, 6) is 1.33. The highest BCUT2D eigenvalue weighted by molar-refractivity contribution is 7.73. The molecule has 4 aromatic rings. The molecule has 8 heteroatoms. The van der Waals surface area contributed by atoms with Crippen LogP contribution in [0.25, 0.3) is 5.69 Å². The summed E-state index contributed by atoms with van der Waals surface area (Å²) in [6.07, 6.45) is -0.290. The lowest BCUT2D eigenvalue weighted by molar-refractivity contribution is 0.627. The van der Waals surface area contributed by atoms with Crippen molar-refractivity contribution in [2.45, 2.75) is 12.7 Å². The molecule has 0 aliphatic carbocycles. The van der Waals surface area contributed by atoms with E-state index in [0.717, 1.165) is 33.3 Å². The maximum absolute atomic E-state index is 13.3. The van der Waals surface area contributed by atoms with Gasteiger partial charge in [0.1, 0.15) is 28.5 Å². The normalized spacial score (nSPS) is 16.3. The van der Waals surface area contributed by atoms with Crippen molar-refractivity contribution < 1.29 is 4.39 Å². The van der Waals surface area contributed by atoms with Crippen molar-refractivity contribution in [2.75, 3.05) is 5.32 Å². The molecular formula is C24H18ClFN4S2. The number of nitrogens with one attached hydrogen (secondary N) is 2. The van der Waals surface area contributed by atoms with E-state index in [1.807, 2.05) is 59.2 Å². The third-order valence-electron chi connectivity index (χ3n) is 5.15. The summed E-state index contributed by atoms with van der Waals surface area (Å²) >= 11 is 13.7. The fourth-order valence-electron chi connectivity index (χ4n) is 3.59. The maximum Gasteiger partial charge on any atom is 0.168 e. The van der Waals surface area contributed by atoms with E-state index in [-0.39, 0.29) is 12.0 Å². The summed E-state index contributed by atoms with van der Waals surface area (Å²) in [5, 5.41) is 7.68. The van der Waals surface area contributed by atoms with Crippen molar-refractivity contribution >= 4 is 46.8 Å². The molecule has 1 aliphatic rings. The number of aromatic nitrogens is 1. The van der Waals surface area contributed by atoms with Gasteiger partial charge < -0.3 is 10.6 Å². The van der Waals surface area contributed by atoms with Crippen LogP contribution in [0.1, 0.15) is 22.2 Å². The first-order valence-electron chi connectivity index (χ1n) is 9.98. The molecule has 0 saturated heterocycles. The van der Waals surface area contributed by atoms with Crippen molar-refractivity contribution in [3.63, 3.8) is 0 Å². The van der Waals surface area contributed by atoms with Crippen molar-refractivity contribution in [2.24, 2.45) is 4.99 Å². The number of hydrogen-bond donors (Lipinski definition) is 2. The van der Waals surface area contributed by atoms with E-state index in [9.17, 15) is 4.39 Å². The smallest absolute Gasteiger partial charge is 0.168 e. The van der Waals surface area contributed by atoms with Gasteiger partial charge in [-0.3, -0.25) is 9.56 Å². The fraction of sp³-hybridized carbons (Fsp3) is 0.0833. The highest BCUT2D eigenvalue weighted by Crippen LogP contribution is 2.36. The lowest BCUT2D eigenvalue weighted by atomic mass is 10.1. The predicted molar refractivity (Wildman–Crippen MR) is 132 cm³/mol. The number of fused-ring (bicyclic) bond motifs is 1. The second kappa shape index (κ2) is 8.86. The van der Waals surface area contributed by atoms with Crippen LogP contribution in [0.5, 0.6) is 0 Å². The van der Waals surface area contributed by atoms with E-state index in [0.29, 0.717) is 15.5 Å². The molecule has 0 radical (unpaired) electrons. The zero-order valence-corrected chi connectivity index (χ0v) is 19.1. The van der Waals surface area contributed by atoms with Crippen LogP contribution < -0.4 is 10.6 Å². The molecule has 0 fully saturated rings. The molecule has 32 heavy (non-hydrogen) atoms. The van der Waals surface area contributed by atoms with Gasteiger partial charge in [-0.25, -0.2) is 4.39 Å². The Labute approximate surface area is 199 Å². The van der Waals surface area contributed by atoms with Gasteiger partial charge in [0.05, 0.1) is 6.54 Å². The van der Waals surface area contributed by atoms with E-state index >= 15 is 0 Å². The van der Waals surface area contributed by atoms with E-state index < -0.39 is 0 Å². The minimum absolute atomic E-state index is 0.264. The molecule has 0 spiro atoms. The number of nitrogens with zero attached hydrogens (tertiary/aromatic N) is 2. The van der Waals surface area contributed by atoms with Crippen LogP contribution in [-0.4, -0.2) is 10.4 Å². The number of para-hydroxylation sites is 1. The van der Waals surface area contributed by atoms with Crippen molar-refractivity contribution in [3.8, 4) is 5.69 Å². The van der Waals surface area contributed by atoms with Gasteiger partial charge in [-0.1, -0.05) is 71.5 Å². The second-order valence-corrected chi connectivity index (χ2v) is 9.30. The van der Waals surface area contributed by atoms with Gasteiger partial charge in [0, 0.05) is 16.3 Å². The molecule has 3 aromatic carbocycles. The molecular weight excluding hydrogens is 463 g/mol. The molecule has 2 heterocycles. The minimum atomic E-state index is -0.290. The van der Waals surface area contributed by atoms with Gasteiger partial charge >= 0.3 is 0 Å². The van der Waals surface area contributed by atoms with Gasteiger partial charge in [0.25, 0.3) is 0 Å². The third kappa shape index (κ3) is 4.07. The van der Waals surface area contributed by atoms with E-state index in [2.05, 4.69) is 10.6 Å². The number of anilines is 1. The van der Waals surface area contributed by atoms with Gasteiger partial charge in [-0.15, -0.1) is 0 Å². The molecule has 0 saturated carbocycles. The quantitative estimate of drug-likeness (QED) is 0.318. The maximum atomic E-state index is 13.3. The molecule has 1 aromatic heterocycles. The number of halogens is 2. The first kappa shape index (κ1) is 20.9. The Hall–Kier alpha value is -3.00. The number of benzene rings is 3. The number of hydrogen-bond acceptors (Lipinski definition) is 4. The Bertz CT molecular complexity index is 1350. The number of aliphatic imine (C=N–C) groups is 1. The molecule has 1 atom stereocenters. The van der Waals surface area contributed by atoms with Gasteiger partial charge in [-0.2, -0.15) is 0 Å². The Balaban J connectivity index is 1.61. The minimum Gasteiger partial charge on any atom is -0.346 e. The Morgan fingerprint density at radius 1 is 0.969 bits per heavy atom. The first-order chi connectivity index (χ1) is 15.6. The van der Waals surface area contributed by atoms with Crippen LogP contribution in [0.3, 0.4) is 0 Å². The molecule has 0 amide bonds. The van der Waals surface area contributed by atoms with E-state index in [1.165, 1.54) is 23.5 Å². The fourth-order valence-corrected chi connectivity index (χ4v) is 5.21. The largest absolute Gasteiger partial charge is 0.346 e. The van der Waals surface area contributed by atoms with Gasteiger partial charge in [0.2, 0.25) is 0 Å². The molecule has 5 rings (SSSR count). The van der Waals surface area contributed by atoms with Crippen molar-refractivity contribution in [1.29, 1.82) is 0 Å².